The highest BCUT2D eigenvalue weighted by Crippen LogP contribution is 2.37. The topological polar surface area (TPSA) is 60.1 Å². The molecule has 2 aromatic heterocycles. The molecule has 0 aliphatic carbocycles. The molecule has 0 fully saturated rings. The quantitative estimate of drug-likeness (QED) is 0.494. The van der Waals surface area contributed by atoms with E-state index in [1.165, 1.54) is 23.5 Å². The van der Waals surface area contributed by atoms with Crippen LogP contribution in [0.4, 0.5) is 10.1 Å². The predicted molar refractivity (Wildman–Crippen MR) is 92.3 cm³/mol. The van der Waals surface area contributed by atoms with E-state index in [0.29, 0.717) is 22.1 Å². The Kier molecular flexibility index (Phi) is 3.42. The van der Waals surface area contributed by atoms with Gasteiger partial charge in [0.25, 0.3) is 0 Å². The van der Waals surface area contributed by atoms with Crippen LogP contribution >= 0.6 is 11.3 Å². The van der Waals surface area contributed by atoms with Crippen LogP contribution in [-0.2, 0) is 0 Å². The number of rotatable bonds is 3. The Hall–Kier alpha value is -2.93. The van der Waals surface area contributed by atoms with E-state index in [4.69, 9.17) is 0 Å². The SMILES string of the molecule is Cc1nn(-c2nc3ccccc3s2)c(-c2ccc(F)cc2)c1N=O. The number of thiazole rings is 1. The van der Waals surface area contributed by atoms with Gasteiger partial charge in [-0.1, -0.05) is 23.5 Å². The molecule has 7 heteroatoms. The molecule has 118 valence electrons. The molecule has 0 saturated heterocycles. The molecule has 0 radical (unpaired) electrons. The molecule has 0 aliphatic rings. The fraction of sp³-hybridized carbons (Fsp3) is 0.0588. The zero-order chi connectivity index (χ0) is 16.7. The summed E-state index contributed by atoms with van der Waals surface area (Å²) in [7, 11) is 0. The highest BCUT2D eigenvalue weighted by atomic mass is 32.1. The van der Waals surface area contributed by atoms with Crippen LogP contribution in [0.5, 0.6) is 0 Å². The molecule has 0 atom stereocenters. The Bertz CT molecular complexity index is 1020. The van der Waals surface area contributed by atoms with Crippen LogP contribution in [0.1, 0.15) is 5.69 Å². The number of benzene rings is 2. The van der Waals surface area contributed by atoms with Gasteiger partial charge >= 0.3 is 0 Å². The van der Waals surface area contributed by atoms with Gasteiger partial charge in [0.2, 0.25) is 5.13 Å². The Balaban J connectivity index is 1.98. The highest BCUT2D eigenvalue weighted by molar-refractivity contribution is 7.20. The standard InChI is InChI=1S/C17H11FN4OS/c1-10-15(21-23)16(11-6-8-12(18)9-7-11)22(20-10)17-19-13-4-2-3-5-14(13)24-17/h2-9H,1H3. The van der Waals surface area contributed by atoms with E-state index in [2.05, 4.69) is 15.3 Å². The van der Waals surface area contributed by atoms with Crippen molar-refractivity contribution in [3.63, 3.8) is 0 Å². The summed E-state index contributed by atoms with van der Waals surface area (Å²) in [6, 6.07) is 13.6. The average molecular weight is 338 g/mol. The van der Waals surface area contributed by atoms with Gasteiger partial charge in [0, 0.05) is 5.56 Å². The number of para-hydroxylation sites is 1. The first-order valence-corrected chi connectivity index (χ1v) is 8.04. The maximum Gasteiger partial charge on any atom is 0.212 e. The van der Waals surface area contributed by atoms with Crippen molar-refractivity contribution in [2.24, 2.45) is 5.18 Å². The van der Waals surface area contributed by atoms with Crippen molar-refractivity contribution in [2.75, 3.05) is 0 Å². The monoisotopic (exact) mass is 338 g/mol. The fourth-order valence-electron chi connectivity index (χ4n) is 2.58. The van der Waals surface area contributed by atoms with Crippen molar-refractivity contribution in [3.8, 4) is 16.4 Å². The number of aryl methyl sites for hydroxylation is 1. The summed E-state index contributed by atoms with van der Waals surface area (Å²) < 4.78 is 15.9. The van der Waals surface area contributed by atoms with Crippen LogP contribution in [-0.4, -0.2) is 14.8 Å². The van der Waals surface area contributed by atoms with E-state index in [-0.39, 0.29) is 11.5 Å². The molecule has 2 aromatic carbocycles. The van der Waals surface area contributed by atoms with Crippen LogP contribution in [0, 0.1) is 17.6 Å². The maximum atomic E-state index is 13.2. The first-order chi connectivity index (χ1) is 11.7. The predicted octanol–water partition coefficient (Wildman–Crippen LogP) is 4.99. The normalized spacial score (nSPS) is 11.1. The lowest BCUT2D eigenvalue weighted by Gasteiger charge is -2.04. The van der Waals surface area contributed by atoms with Gasteiger partial charge in [-0.3, -0.25) is 0 Å². The number of hydrogen-bond donors (Lipinski definition) is 0. The Labute approximate surface area is 140 Å². The Morgan fingerprint density at radius 1 is 1.12 bits per heavy atom. The number of halogens is 1. The molecule has 4 rings (SSSR count). The lowest BCUT2D eigenvalue weighted by molar-refractivity contribution is 0.628. The minimum Gasteiger partial charge on any atom is -0.218 e. The van der Waals surface area contributed by atoms with Gasteiger partial charge in [-0.15, -0.1) is 4.91 Å². The summed E-state index contributed by atoms with van der Waals surface area (Å²) in [4.78, 5) is 15.9. The van der Waals surface area contributed by atoms with Gasteiger partial charge in [-0.2, -0.15) is 5.10 Å². The third-order valence-corrected chi connectivity index (χ3v) is 4.71. The average Bonchev–Trinajstić information content (AvgIpc) is 3.16. The number of nitrogens with zero attached hydrogens (tertiary/aromatic N) is 4. The summed E-state index contributed by atoms with van der Waals surface area (Å²) >= 11 is 1.47. The molecule has 0 unspecified atom stereocenters. The van der Waals surface area contributed by atoms with Crippen LogP contribution in [0.3, 0.4) is 0 Å². The zero-order valence-electron chi connectivity index (χ0n) is 12.6. The van der Waals surface area contributed by atoms with Gasteiger partial charge in [-0.25, -0.2) is 14.1 Å². The number of aromatic nitrogens is 3. The van der Waals surface area contributed by atoms with Crippen LogP contribution < -0.4 is 0 Å². The van der Waals surface area contributed by atoms with E-state index in [9.17, 15) is 9.30 Å². The molecule has 0 N–H and O–H groups in total. The van der Waals surface area contributed by atoms with E-state index in [1.54, 1.807) is 23.7 Å². The third kappa shape index (κ3) is 2.30. The molecule has 0 saturated carbocycles. The molecule has 24 heavy (non-hydrogen) atoms. The molecular weight excluding hydrogens is 327 g/mol. The van der Waals surface area contributed by atoms with Crippen LogP contribution in [0.25, 0.3) is 26.6 Å². The molecule has 2 heterocycles. The first-order valence-electron chi connectivity index (χ1n) is 7.22. The largest absolute Gasteiger partial charge is 0.218 e. The molecule has 0 spiro atoms. The van der Waals surface area contributed by atoms with Crippen molar-refractivity contribution in [1.29, 1.82) is 0 Å². The van der Waals surface area contributed by atoms with Crippen molar-refractivity contribution in [1.82, 2.24) is 14.8 Å². The maximum absolute atomic E-state index is 13.2. The lowest BCUT2D eigenvalue weighted by atomic mass is 10.1. The molecule has 4 aromatic rings. The Morgan fingerprint density at radius 2 is 1.88 bits per heavy atom. The van der Waals surface area contributed by atoms with Crippen molar-refractivity contribution in [3.05, 3.63) is 64.9 Å². The van der Waals surface area contributed by atoms with E-state index in [0.717, 1.165) is 10.2 Å². The van der Waals surface area contributed by atoms with Crippen molar-refractivity contribution in [2.45, 2.75) is 6.92 Å². The third-order valence-electron chi connectivity index (χ3n) is 3.70. The summed E-state index contributed by atoms with van der Waals surface area (Å²) in [5, 5.41) is 8.17. The molecule has 5 nitrogen and oxygen atoms in total. The number of nitroso groups, excluding NO2 is 1. The van der Waals surface area contributed by atoms with E-state index >= 15 is 0 Å². The van der Waals surface area contributed by atoms with E-state index < -0.39 is 0 Å². The second-order valence-electron chi connectivity index (χ2n) is 5.26. The minimum atomic E-state index is -0.345. The lowest BCUT2D eigenvalue weighted by Crippen LogP contribution is -1.98. The van der Waals surface area contributed by atoms with Gasteiger partial charge in [0.05, 0.1) is 15.9 Å². The highest BCUT2D eigenvalue weighted by Gasteiger charge is 2.21. The molecule has 0 amide bonds. The van der Waals surface area contributed by atoms with Gasteiger partial charge in [0.1, 0.15) is 11.5 Å². The van der Waals surface area contributed by atoms with Crippen molar-refractivity contribution >= 4 is 27.2 Å². The van der Waals surface area contributed by atoms with Crippen LogP contribution in [0.15, 0.2) is 53.7 Å². The summed E-state index contributed by atoms with van der Waals surface area (Å²) in [6.07, 6.45) is 0. The van der Waals surface area contributed by atoms with Gasteiger partial charge < -0.3 is 0 Å². The van der Waals surface area contributed by atoms with Gasteiger partial charge in [-0.05, 0) is 48.5 Å². The smallest absolute Gasteiger partial charge is 0.212 e. The molecular formula is C17H11FN4OS. The number of hydrogen-bond acceptors (Lipinski definition) is 5. The van der Waals surface area contributed by atoms with Crippen LogP contribution in [0.2, 0.25) is 0 Å². The number of fused-ring (bicyclic) bond motifs is 1. The summed E-state index contributed by atoms with van der Waals surface area (Å²) in [6.45, 7) is 1.72. The molecule has 0 aliphatic heterocycles. The minimum absolute atomic E-state index is 0.237. The fourth-order valence-corrected chi connectivity index (χ4v) is 3.51. The summed E-state index contributed by atoms with van der Waals surface area (Å²) in [5.74, 6) is -0.345. The second kappa shape index (κ2) is 5.61. The zero-order valence-corrected chi connectivity index (χ0v) is 13.4. The Morgan fingerprint density at radius 3 is 2.58 bits per heavy atom. The van der Waals surface area contributed by atoms with E-state index in [1.807, 2.05) is 24.3 Å². The second-order valence-corrected chi connectivity index (χ2v) is 6.27. The first kappa shape index (κ1) is 14.6. The molecule has 0 bridgehead atoms. The summed E-state index contributed by atoms with van der Waals surface area (Å²) in [5.41, 5.74) is 2.77. The van der Waals surface area contributed by atoms with Gasteiger partial charge in [0.15, 0.2) is 5.69 Å². The van der Waals surface area contributed by atoms with Crippen molar-refractivity contribution < 1.29 is 4.39 Å².